The van der Waals surface area contributed by atoms with Gasteiger partial charge in [-0.15, -0.1) is 0 Å². The standard InChI is InChI=1S/C18H22N2OS2/c1-14-6-3-4-7-15(14)13-23-11-10-19-18(22)20-16-8-5-9-17(12-16)21-2/h3-9,12H,10-11,13H2,1-2H3,(H2,19,20,22). The highest BCUT2D eigenvalue weighted by molar-refractivity contribution is 7.98. The molecule has 0 fully saturated rings. The summed E-state index contributed by atoms with van der Waals surface area (Å²) in [6.07, 6.45) is 0. The van der Waals surface area contributed by atoms with E-state index in [9.17, 15) is 0 Å². The van der Waals surface area contributed by atoms with Crippen molar-refractivity contribution in [2.45, 2.75) is 12.7 Å². The molecule has 2 aromatic carbocycles. The van der Waals surface area contributed by atoms with Crippen molar-refractivity contribution in [3.05, 3.63) is 59.7 Å². The maximum atomic E-state index is 5.31. The van der Waals surface area contributed by atoms with Crippen LogP contribution in [0.4, 0.5) is 5.69 Å². The van der Waals surface area contributed by atoms with Gasteiger partial charge >= 0.3 is 0 Å². The van der Waals surface area contributed by atoms with Crippen molar-refractivity contribution in [3.63, 3.8) is 0 Å². The highest BCUT2D eigenvalue weighted by atomic mass is 32.2. The highest BCUT2D eigenvalue weighted by Crippen LogP contribution is 2.17. The summed E-state index contributed by atoms with van der Waals surface area (Å²) < 4.78 is 5.19. The number of hydrogen-bond donors (Lipinski definition) is 2. The monoisotopic (exact) mass is 346 g/mol. The molecule has 0 aliphatic rings. The first-order valence-corrected chi connectivity index (χ1v) is 9.06. The fourth-order valence-electron chi connectivity index (χ4n) is 2.07. The van der Waals surface area contributed by atoms with Gasteiger partial charge in [0.25, 0.3) is 0 Å². The molecule has 0 radical (unpaired) electrons. The van der Waals surface area contributed by atoms with Crippen LogP contribution in [0.5, 0.6) is 5.75 Å². The normalized spacial score (nSPS) is 10.2. The number of hydrogen-bond acceptors (Lipinski definition) is 3. The molecule has 23 heavy (non-hydrogen) atoms. The summed E-state index contributed by atoms with van der Waals surface area (Å²) in [4.78, 5) is 0. The first-order chi connectivity index (χ1) is 11.2. The number of ether oxygens (including phenoxy) is 1. The van der Waals surface area contributed by atoms with Crippen LogP contribution < -0.4 is 15.4 Å². The molecule has 0 aliphatic heterocycles. The van der Waals surface area contributed by atoms with Crippen LogP contribution in [0.15, 0.2) is 48.5 Å². The van der Waals surface area contributed by atoms with E-state index in [1.807, 2.05) is 36.0 Å². The molecule has 0 amide bonds. The molecule has 0 aliphatic carbocycles. The molecule has 2 aromatic rings. The fraction of sp³-hybridized carbons (Fsp3) is 0.278. The summed E-state index contributed by atoms with van der Waals surface area (Å²) >= 11 is 7.21. The van der Waals surface area contributed by atoms with E-state index < -0.39 is 0 Å². The van der Waals surface area contributed by atoms with Crippen molar-refractivity contribution in [1.29, 1.82) is 0 Å². The van der Waals surface area contributed by atoms with E-state index in [2.05, 4.69) is 41.8 Å². The van der Waals surface area contributed by atoms with Crippen LogP contribution in [-0.4, -0.2) is 24.5 Å². The van der Waals surface area contributed by atoms with Gasteiger partial charge in [-0.25, -0.2) is 0 Å². The molecule has 0 spiro atoms. The smallest absolute Gasteiger partial charge is 0.170 e. The van der Waals surface area contributed by atoms with Gasteiger partial charge in [0.05, 0.1) is 7.11 Å². The Morgan fingerprint density at radius 3 is 2.78 bits per heavy atom. The average Bonchev–Trinajstić information content (AvgIpc) is 2.56. The molecule has 2 rings (SSSR count). The Labute approximate surface area is 147 Å². The van der Waals surface area contributed by atoms with Crippen molar-refractivity contribution in [2.24, 2.45) is 0 Å². The number of methoxy groups -OCH3 is 1. The molecule has 0 bridgehead atoms. The Kier molecular flexibility index (Phi) is 7.23. The van der Waals surface area contributed by atoms with Crippen molar-refractivity contribution in [3.8, 4) is 5.75 Å². The van der Waals surface area contributed by atoms with Gasteiger partial charge in [0, 0.05) is 29.8 Å². The lowest BCUT2D eigenvalue weighted by Crippen LogP contribution is -2.30. The summed E-state index contributed by atoms with van der Waals surface area (Å²) in [5, 5.41) is 7.03. The second-order valence-electron chi connectivity index (χ2n) is 5.09. The van der Waals surface area contributed by atoms with E-state index in [-0.39, 0.29) is 0 Å². The molecule has 2 N–H and O–H groups in total. The molecule has 0 unspecified atom stereocenters. The van der Waals surface area contributed by atoms with Crippen LogP contribution in [0.3, 0.4) is 0 Å². The van der Waals surface area contributed by atoms with Gasteiger partial charge in [-0.1, -0.05) is 30.3 Å². The van der Waals surface area contributed by atoms with Crippen LogP contribution in [0.25, 0.3) is 0 Å². The highest BCUT2D eigenvalue weighted by Gasteiger charge is 2.00. The van der Waals surface area contributed by atoms with Gasteiger partial charge < -0.3 is 15.4 Å². The van der Waals surface area contributed by atoms with Gasteiger partial charge in [-0.05, 0) is 42.4 Å². The number of nitrogens with one attached hydrogen (secondary N) is 2. The minimum absolute atomic E-state index is 0.634. The summed E-state index contributed by atoms with van der Waals surface area (Å²) in [6.45, 7) is 2.99. The summed E-state index contributed by atoms with van der Waals surface area (Å²) in [6, 6.07) is 16.2. The minimum atomic E-state index is 0.634. The van der Waals surface area contributed by atoms with Crippen LogP contribution in [-0.2, 0) is 5.75 Å². The Hall–Kier alpha value is -1.72. The number of thioether (sulfide) groups is 1. The Morgan fingerprint density at radius 2 is 2.00 bits per heavy atom. The van der Waals surface area contributed by atoms with Crippen LogP contribution in [0, 0.1) is 6.92 Å². The fourth-order valence-corrected chi connectivity index (χ4v) is 3.22. The van der Waals surface area contributed by atoms with E-state index in [0.29, 0.717) is 5.11 Å². The molecular weight excluding hydrogens is 324 g/mol. The largest absolute Gasteiger partial charge is 0.497 e. The molecule has 0 atom stereocenters. The van der Waals surface area contributed by atoms with Gasteiger partial charge in [-0.2, -0.15) is 11.8 Å². The van der Waals surface area contributed by atoms with Crippen LogP contribution in [0.1, 0.15) is 11.1 Å². The lowest BCUT2D eigenvalue weighted by Gasteiger charge is -2.11. The third-order valence-electron chi connectivity index (χ3n) is 3.38. The van der Waals surface area contributed by atoms with Gasteiger partial charge in [0.1, 0.15) is 5.75 Å². The molecule has 3 nitrogen and oxygen atoms in total. The molecule has 5 heteroatoms. The molecule has 0 saturated heterocycles. The summed E-state index contributed by atoms with van der Waals surface area (Å²) in [7, 11) is 1.65. The zero-order valence-corrected chi connectivity index (χ0v) is 15.1. The maximum Gasteiger partial charge on any atom is 0.170 e. The molecular formula is C18H22N2OS2. The predicted molar refractivity (Wildman–Crippen MR) is 105 cm³/mol. The SMILES string of the molecule is COc1cccc(NC(=S)NCCSCc2ccccc2C)c1. The number of rotatable bonds is 7. The first-order valence-electron chi connectivity index (χ1n) is 7.50. The van der Waals surface area contributed by atoms with E-state index in [4.69, 9.17) is 17.0 Å². The van der Waals surface area contributed by atoms with E-state index in [0.717, 1.165) is 29.5 Å². The molecule has 122 valence electrons. The number of benzene rings is 2. The van der Waals surface area contributed by atoms with E-state index in [1.54, 1.807) is 7.11 Å². The zero-order chi connectivity index (χ0) is 16.5. The molecule has 0 aromatic heterocycles. The van der Waals surface area contributed by atoms with Gasteiger partial charge in [-0.3, -0.25) is 0 Å². The van der Waals surface area contributed by atoms with E-state index >= 15 is 0 Å². The third-order valence-corrected chi connectivity index (χ3v) is 4.63. The maximum absolute atomic E-state index is 5.31. The van der Waals surface area contributed by atoms with Gasteiger partial charge in [0.15, 0.2) is 5.11 Å². The lowest BCUT2D eigenvalue weighted by atomic mass is 10.1. The Balaban J connectivity index is 1.66. The Morgan fingerprint density at radius 1 is 1.17 bits per heavy atom. The number of anilines is 1. The quantitative estimate of drug-likeness (QED) is 0.579. The van der Waals surface area contributed by atoms with Crippen molar-refractivity contribution < 1.29 is 4.74 Å². The van der Waals surface area contributed by atoms with E-state index in [1.165, 1.54) is 11.1 Å². The lowest BCUT2D eigenvalue weighted by molar-refractivity contribution is 0.415. The summed E-state index contributed by atoms with van der Waals surface area (Å²) in [5.74, 6) is 2.85. The third kappa shape index (κ3) is 6.12. The number of thiocarbonyl (C=S) groups is 1. The van der Waals surface area contributed by atoms with Crippen molar-refractivity contribution in [1.82, 2.24) is 5.32 Å². The summed E-state index contributed by atoms with van der Waals surface area (Å²) in [5.41, 5.74) is 3.67. The Bertz CT molecular complexity index is 646. The van der Waals surface area contributed by atoms with Crippen molar-refractivity contribution in [2.75, 3.05) is 24.7 Å². The second-order valence-corrected chi connectivity index (χ2v) is 6.61. The average molecular weight is 347 g/mol. The minimum Gasteiger partial charge on any atom is -0.497 e. The molecule has 0 heterocycles. The zero-order valence-electron chi connectivity index (χ0n) is 13.5. The first kappa shape index (κ1) is 17.6. The number of aryl methyl sites for hydroxylation is 1. The van der Waals surface area contributed by atoms with Crippen molar-refractivity contribution >= 4 is 34.8 Å². The van der Waals surface area contributed by atoms with Crippen LogP contribution in [0.2, 0.25) is 0 Å². The molecule has 0 saturated carbocycles. The topological polar surface area (TPSA) is 33.3 Å². The van der Waals surface area contributed by atoms with Gasteiger partial charge in [0.2, 0.25) is 0 Å². The second kappa shape index (κ2) is 9.43. The van der Waals surface area contributed by atoms with Crippen LogP contribution >= 0.6 is 24.0 Å². The predicted octanol–water partition coefficient (Wildman–Crippen LogP) is 4.22.